The van der Waals surface area contributed by atoms with Crippen LogP contribution in [0.25, 0.3) is 0 Å². The lowest BCUT2D eigenvalue weighted by atomic mass is 10.0. The van der Waals surface area contributed by atoms with Crippen LogP contribution >= 0.6 is 0 Å². The smallest absolute Gasteiger partial charge is 0.310 e. The average Bonchev–Trinajstić information content (AvgIpc) is 3.28. The molecule has 0 aromatic carbocycles. The Morgan fingerprint density at radius 2 is 0.667 bits per heavy atom. The first-order valence-corrected chi connectivity index (χ1v) is 25.4. The predicted molar refractivity (Wildman–Crippen MR) is 270 cm³/mol. The molecule has 0 amide bonds. The summed E-state index contributed by atoms with van der Waals surface area (Å²) >= 11 is 0. The number of carbonyl (C=O) groups is 3. The molecule has 0 spiro atoms. The highest BCUT2D eigenvalue weighted by Gasteiger charge is 2.19. The van der Waals surface area contributed by atoms with E-state index in [2.05, 4.69) is 118 Å². The average molecular weight is 873 g/mol. The number of ether oxygens (including phenoxy) is 3. The molecule has 0 aliphatic heterocycles. The van der Waals surface area contributed by atoms with Crippen LogP contribution in [-0.4, -0.2) is 37.2 Å². The van der Waals surface area contributed by atoms with Crippen molar-refractivity contribution in [2.75, 3.05) is 13.2 Å². The van der Waals surface area contributed by atoms with Crippen LogP contribution in [0.5, 0.6) is 0 Å². The second kappa shape index (κ2) is 50.7. The first-order chi connectivity index (χ1) is 31.0. The third kappa shape index (κ3) is 49.0. The highest BCUT2D eigenvalue weighted by atomic mass is 16.6. The van der Waals surface area contributed by atoms with Gasteiger partial charge in [-0.2, -0.15) is 0 Å². The molecule has 0 aliphatic rings. The molecule has 0 rings (SSSR count). The van der Waals surface area contributed by atoms with Gasteiger partial charge >= 0.3 is 17.9 Å². The fraction of sp³-hybridized carbons (Fsp3) is 0.632. The number of rotatable bonds is 44. The van der Waals surface area contributed by atoms with Crippen molar-refractivity contribution in [1.29, 1.82) is 0 Å². The zero-order valence-electron chi connectivity index (χ0n) is 40.5. The minimum atomic E-state index is -0.829. The number of unbranched alkanes of at least 4 members (excludes halogenated alkanes) is 16. The summed E-state index contributed by atoms with van der Waals surface area (Å²) in [5, 5.41) is 0. The zero-order chi connectivity index (χ0) is 45.8. The maximum atomic E-state index is 12.6. The van der Waals surface area contributed by atoms with Gasteiger partial charge in [0.05, 0.1) is 6.42 Å². The Labute approximate surface area is 387 Å². The summed E-state index contributed by atoms with van der Waals surface area (Å²) in [4.78, 5) is 37.6. The Balaban J connectivity index is 4.20. The fourth-order valence-electron chi connectivity index (χ4n) is 6.57. The Morgan fingerprint density at radius 1 is 0.349 bits per heavy atom. The van der Waals surface area contributed by atoms with Gasteiger partial charge in [-0.3, -0.25) is 14.4 Å². The highest BCUT2D eigenvalue weighted by molar-refractivity contribution is 5.72. The van der Waals surface area contributed by atoms with E-state index in [9.17, 15) is 14.4 Å². The number of esters is 3. The second-order valence-electron chi connectivity index (χ2n) is 16.3. The van der Waals surface area contributed by atoms with E-state index in [1.54, 1.807) is 6.08 Å². The summed E-state index contributed by atoms with van der Waals surface area (Å²) < 4.78 is 16.5. The van der Waals surface area contributed by atoms with Crippen molar-refractivity contribution in [3.63, 3.8) is 0 Å². The van der Waals surface area contributed by atoms with Gasteiger partial charge in [0, 0.05) is 12.8 Å². The molecule has 63 heavy (non-hydrogen) atoms. The highest BCUT2D eigenvalue weighted by Crippen LogP contribution is 2.14. The molecular weight excluding hydrogens is 781 g/mol. The van der Waals surface area contributed by atoms with E-state index in [0.717, 1.165) is 109 Å². The van der Waals surface area contributed by atoms with E-state index in [4.69, 9.17) is 14.2 Å². The van der Waals surface area contributed by atoms with Gasteiger partial charge in [0.1, 0.15) is 13.2 Å². The summed E-state index contributed by atoms with van der Waals surface area (Å²) in [5.41, 5.74) is 0. The first-order valence-electron chi connectivity index (χ1n) is 25.4. The summed E-state index contributed by atoms with van der Waals surface area (Å²) in [7, 11) is 0. The predicted octanol–water partition coefficient (Wildman–Crippen LogP) is 16.8. The largest absolute Gasteiger partial charge is 0.462 e. The molecule has 0 heterocycles. The van der Waals surface area contributed by atoms with Crippen LogP contribution < -0.4 is 0 Å². The molecule has 0 saturated carbocycles. The van der Waals surface area contributed by atoms with E-state index in [-0.39, 0.29) is 31.6 Å². The molecule has 356 valence electrons. The van der Waals surface area contributed by atoms with Crippen LogP contribution in [0, 0.1) is 0 Å². The van der Waals surface area contributed by atoms with E-state index in [1.807, 2.05) is 6.08 Å². The van der Waals surface area contributed by atoms with E-state index in [0.29, 0.717) is 12.8 Å². The summed E-state index contributed by atoms with van der Waals surface area (Å²) in [6.07, 6.45) is 68.6. The lowest BCUT2D eigenvalue weighted by molar-refractivity contribution is -0.166. The molecule has 0 bridgehead atoms. The molecular formula is C57H92O6. The van der Waals surface area contributed by atoms with Crippen LogP contribution in [0.4, 0.5) is 0 Å². The van der Waals surface area contributed by atoms with Gasteiger partial charge < -0.3 is 14.2 Å². The third-order valence-corrected chi connectivity index (χ3v) is 10.3. The van der Waals surface area contributed by atoms with Crippen LogP contribution in [-0.2, 0) is 28.6 Å². The van der Waals surface area contributed by atoms with Crippen LogP contribution in [0.15, 0.2) is 109 Å². The standard InChI is InChI=1S/C57H92O6/c1-4-7-10-13-15-17-19-21-23-24-25-26-27-28-29-30-31-32-34-35-37-39-41-44-47-50-56(59)62-53-54(52-61-55(58)49-46-43-12-9-6-3)63-57(60)51-48-45-42-40-38-36-33-22-20-18-16-14-11-8-5-2/h7-8,10-11,15-18,21-23,25-26,33,38,40,45,48,54H,4-6,9,12-14,19-20,24,27-32,34-37,39,41-44,46-47,49-53H2,1-3H3/b10-7-,11-8-,17-15-,18-16-,23-21-,26-25-,33-22-,40-38-,48-45-. The van der Waals surface area contributed by atoms with E-state index in [1.165, 1.54) is 64.2 Å². The Hall–Kier alpha value is -3.93. The van der Waals surface area contributed by atoms with Gasteiger partial charge in [-0.1, -0.05) is 220 Å². The third-order valence-electron chi connectivity index (χ3n) is 10.3. The first kappa shape index (κ1) is 59.1. The van der Waals surface area contributed by atoms with E-state index < -0.39 is 12.1 Å². The molecule has 0 aliphatic carbocycles. The van der Waals surface area contributed by atoms with Crippen molar-refractivity contribution in [2.45, 2.75) is 219 Å². The van der Waals surface area contributed by atoms with Crippen molar-refractivity contribution in [3.05, 3.63) is 109 Å². The number of allylic oxidation sites excluding steroid dienone is 17. The maximum Gasteiger partial charge on any atom is 0.310 e. The molecule has 0 saturated heterocycles. The summed E-state index contributed by atoms with van der Waals surface area (Å²) in [6.45, 7) is 6.22. The van der Waals surface area contributed by atoms with Gasteiger partial charge in [-0.15, -0.1) is 0 Å². The van der Waals surface area contributed by atoms with Gasteiger partial charge in [0.2, 0.25) is 0 Å². The lowest BCUT2D eigenvalue weighted by Gasteiger charge is -2.18. The van der Waals surface area contributed by atoms with Gasteiger partial charge in [0.25, 0.3) is 0 Å². The number of hydrogen-bond acceptors (Lipinski definition) is 6. The minimum absolute atomic E-state index is 0.0943. The topological polar surface area (TPSA) is 78.9 Å². The zero-order valence-corrected chi connectivity index (χ0v) is 40.5. The second-order valence-corrected chi connectivity index (χ2v) is 16.3. The van der Waals surface area contributed by atoms with Gasteiger partial charge in [-0.25, -0.2) is 0 Å². The molecule has 0 fully saturated rings. The molecule has 6 heteroatoms. The van der Waals surface area contributed by atoms with Crippen molar-refractivity contribution in [2.24, 2.45) is 0 Å². The van der Waals surface area contributed by atoms with Gasteiger partial charge in [0.15, 0.2) is 6.10 Å². The molecule has 0 radical (unpaired) electrons. The summed E-state index contributed by atoms with van der Waals surface area (Å²) in [6, 6.07) is 0. The molecule has 0 N–H and O–H groups in total. The minimum Gasteiger partial charge on any atom is -0.462 e. The SMILES string of the molecule is CC/C=C\C/C=C\C/C=C\C/C=C\C/C=C\CC(=O)OC(COC(=O)CCCCCCC)COC(=O)CCCCCCCCCCCCCC/C=C\C/C=C\C/C=C\C/C=C\CC. The van der Waals surface area contributed by atoms with Crippen molar-refractivity contribution < 1.29 is 28.6 Å². The van der Waals surface area contributed by atoms with Crippen LogP contribution in [0.1, 0.15) is 213 Å². The normalized spacial score (nSPS) is 13.0. The lowest BCUT2D eigenvalue weighted by Crippen LogP contribution is -2.30. The molecule has 0 aromatic rings. The van der Waals surface area contributed by atoms with Crippen molar-refractivity contribution >= 4 is 17.9 Å². The fourth-order valence-corrected chi connectivity index (χ4v) is 6.57. The Kier molecular flexibility index (Phi) is 47.5. The molecule has 6 nitrogen and oxygen atoms in total. The maximum absolute atomic E-state index is 12.6. The molecule has 1 unspecified atom stereocenters. The number of carbonyl (C=O) groups excluding carboxylic acids is 3. The molecule has 1 atom stereocenters. The molecule has 0 aromatic heterocycles. The van der Waals surface area contributed by atoms with Crippen molar-refractivity contribution in [1.82, 2.24) is 0 Å². The van der Waals surface area contributed by atoms with Crippen LogP contribution in [0.2, 0.25) is 0 Å². The summed E-state index contributed by atoms with van der Waals surface area (Å²) in [5.74, 6) is -1.07. The van der Waals surface area contributed by atoms with Crippen LogP contribution in [0.3, 0.4) is 0 Å². The quantitative estimate of drug-likeness (QED) is 0.0263. The number of hydrogen-bond donors (Lipinski definition) is 0. The van der Waals surface area contributed by atoms with E-state index >= 15 is 0 Å². The Bertz CT molecular complexity index is 1330. The monoisotopic (exact) mass is 873 g/mol. The van der Waals surface area contributed by atoms with Crippen molar-refractivity contribution in [3.8, 4) is 0 Å². The van der Waals surface area contributed by atoms with Gasteiger partial charge in [-0.05, 0) is 83.5 Å². The Morgan fingerprint density at radius 3 is 1.05 bits per heavy atom.